The summed E-state index contributed by atoms with van der Waals surface area (Å²) in [4.78, 5) is 12.9. The van der Waals surface area contributed by atoms with E-state index in [9.17, 15) is 4.79 Å². The van der Waals surface area contributed by atoms with Gasteiger partial charge in [0.05, 0.1) is 0 Å². The minimum atomic E-state index is -0.913. The van der Waals surface area contributed by atoms with Crippen molar-refractivity contribution in [1.82, 2.24) is 4.90 Å². The van der Waals surface area contributed by atoms with Crippen LogP contribution in [0.4, 0.5) is 0 Å². The Morgan fingerprint density at radius 3 is 2.53 bits per heavy atom. The minimum Gasteiger partial charge on any atom is -0.478 e. The molecule has 0 saturated heterocycles. The lowest BCUT2D eigenvalue weighted by molar-refractivity contribution is -0.131. The van der Waals surface area contributed by atoms with Gasteiger partial charge in [-0.25, -0.2) is 4.79 Å². The van der Waals surface area contributed by atoms with E-state index in [1.807, 2.05) is 12.1 Å². The third kappa shape index (κ3) is 6.20. The molecule has 0 atom stereocenters. The Hall–Kier alpha value is -1.61. The van der Waals surface area contributed by atoms with Crippen LogP contribution in [0.25, 0.3) is 6.08 Å². The van der Waals surface area contributed by atoms with Crippen molar-refractivity contribution >= 4 is 12.0 Å². The third-order valence-electron chi connectivity index (χ3n) is 2.86. The van der Waals surface area contributed by atoms with Crippen LogP contribution in [-0.4, -0.2) is 29.1 Å². The molecule has 3 nitrogen and oxygen atoms in total. The van der Waals surface area contributed by atoms with Gasteiger partial charge >= 0.3 is 5.97 Å². The monoisotopic (exact) mass is 261 g/mol. The summed E-state index contributed by atoms with van der Waals surface area (Å²) in [5, 5.41) is 8.63. The van der Waals surface area contributed by atoms with E-state index in [1.165, 1.54) is 11.6 Å². The first-order chi connectivity index (χ1) is 9.15. The van der Waals surface area contributed by atoms with Crippen LogP contribution in [0.15, 0.2) is 30.3 Å². The molecule has 0 aliphatic carbocycles. The molecule has 1 N–H and O–H groups in total. The van der Waals surface area contributed by atoms with Crippen LogP contribution in [0, 0.1) is 0 Å². The fraction of sp³-hybridized carbons (Fsp3) is 0.438. The summed E-state index contributed by atoms with van der Waals surface area (Å²) in [5.74, 6) is -0.913. The molecular formula is C16H23NO2. The molecule has 0 unspecified atom stereocenters. The van der Waals surface area contributed by atoms with Crippen LogP contribution in [0.2, 0.25) is 0 Å². The van der Waals surface area contributed by atoms with Crippen molar-refractivity contribution in [2.75, 3.05) is 13.1 Å². The van der Waals surface area contributed by atoms with E-state index in [4.69, 9.17) is 5.11 Å². The van der Waals surface area contributed by atoms with Gasteiger partial charge in [-0.15, -0.1) is 0 Å². The van der Waals surface area contributed by atoms with E-state index in [-0.39, 0.29) is 0 Å². The number of carbonyl (C=O) groups is 1. The summed E-state index contributed by atoms with van der Waals surface area (Å²) in [6, 6.07) is 8.05. The zero-order valence-electron chi connectivity index (χ0n) is 11.8. The quantitative estimate of drug-likeness (QED) is 0.729. The van der Waals surface area contributed by atoms with Crippen molar-refractivity contribution in [3.8, 4) is 0 Å². The van der Waals surface area contributed by atoms with Crippen LogP contribution in [-0.2, 0) is 11.3 Å². The van der Waals surface area contributed by atoms with Gasteiger partial charge in [0.1, 0.15) is 0 Å². The molecule has 0 amide bonds. The van der Waals surface area contributed by atoms with Gasteiger partial charge in [0.15, 0.2) is 0 Å². The fourth-order valence-electron chi connectivity index (χ4n) is 2.12. The molecule has 0 saturated carbocycles. The first-order valence-corrected chi connectivity index (χ1v) is 6.88. The molecule has 0 fully saturated rings. The van der Waals surface area contributed by atoms with Crippen LogP contribution >= 0.6 is 0 Å². The van der Waals surface area contributed by atoms with Crippen molar-refractivity contribution in [1.29, 1.82) is 0 Å². The van der Waals surface area contributed by atoms with E-state index in [0.29, 0.717) is 0 Å². The van der Waals surface area contributed by atoms with Crippen LogP contribution in [0.3, 0.4) is 0 Å². The molecule has 19 heavy (non-hydrogen) atoms. The number of hydrogen-bond acceptors (Lipinski definition) is 2. The average Bonchev–Trinajstić information content (AvgIpc) is 2.37. The maximum Gasteiger partial charge on any atom is 0.328 e. The number of hydrogen-bond donors (Lipinski definition) is 1. The van der Waals surface area contributed by atoms with E-state index in [2.05, 4.69) is 30.9 Å². The van der Waals surface area contributed by atoms with Crippen molar-refractivity contribution in [3.63, 3.8) is 0 Å². The highest BCUT2D eigenvalue weighted by Crippen LogP contribution is 2.10. The lowest BCUT2D eigenvalue weighted by Gasteiger charge is -2.21. The SMILES string of the molecule is CCCN(CCC)Cc1cccc(C=CC(=O)O)c1. The maximum atomic E-state index is 10.5. The minimum absolute atomic E-state index is 0.913. The normalized spacial score (nSPS) is 11.3. The molecule has 0 heterocycles. The maximum absolute atomic E-state index is 10.5. The van der Waals surface area contributed by atoms with Crippen LogP contribution < -0.4 is 0 Å². The van der Waals surface area contributed by atoms with Gasteiger partial charge in [-0.2, -0.15) is 0 Å². The molecule has 1 aromatic carbocycles. The Kier molecular flexibility index (Phi) is 6.90. The Labute approximate surface area is 115 Å². The molecule has 0 radical (unpaired) electrons. The molecule has 3 heteroatoms. The third-order valence-corrected chi connectivity index (χ3v) is 2.86. The van der Waals surface area contributed by atoms with Crippen LogP contribution in [0.5, 0.6) is 0 Å². The number of aliphatic carboxylic acids is 1. The average molecular weight is 261 g/mol. The van der Waals surface area contributed by atoms with Gasteiger partial charge in [0, 0.05) is 12.6 Å². The van der Waals surface area contributed by atoms with E-state index < -0.39 is 5.97 Å². The standard InChI is InChI=1S/C16H23NO2/c1-3-10-17(11-4-2)13-15-7-5-6-14(12-15)8-9-16(18)19/h5-9,12H,3-4,10-11,13H2,1-2H3,(H,18,19). The largest absolute Gasteiger partial charge is 0.478 e. The smallest absolute Gasteiger partial charge is 0.328 e. The van der Waals surface area contributed by atoms with Gasteiger partial charge < -0.3 is 5.11 Å². The Morgan fingerprint density at radius 2 is 1.95 bits per heavy atom. The second kappa shape index (κ2) is 8.48. The van der Waals surface area contributed by atoms with Crippen molar-refractivity contribution in [2.45, 2.75) is 33.2 Å². The number of rotatable bonds is 8. The van der Waals surface area contributed by atoms with Gasteiger partial charge in [-0.3, -0.25) is 4.90 Å². The Morgan fingerprint density at radius 1 is 1.26 bits per heavy atom. The summed E-state index contributed by atoms with van der Waals surface area (Å²) in [7, 11) is 0. The van der Waals surface area contributed by atoms with E-state index in [1.54, 1.807) is 6.08 Å². The summed E-state index contributed by atoms with van der Waals surface area (Å²) < 4.78 is 0. The predicted octanol–water partition coefficient (Wildman–Crippen LogP) is 3.41. The highest BCUT2D eigenvalue weighted by atomic mass is 16.4. The molecule has 104 valence electrons. The first-order valence-electron chi connectivity index (χ1n) is 6.88. The topological polar surface area (TPSA) is 40.5 Å². The molecule has 0 aliphatic rings. The van der Waals surface area contributed by atoms with Crippen LogP contribution in [0.1, 0.15) is 37.8 Å². The van der Waals surface area contributed by atoms with Crippen molar-refractivity contribution in [2.24, 2.45) is 0 Å². The lowest BCUT2D eigenvalue weighted by Crippen LogP contribution is -2.24. The molecule has 0 spiro atoms. The Balaban J connectivity index is 2.72. The van der Waals surface area contributed by atoms with Gasteiger partial charge in [0.2, 0.25) is 0 Å². The van der Waals surface area contributed by atoms with Gasteiger partial charge in [0.25, 0.3) is 0 Å². The highest BCUT2D eigenvalue weighted by Gasteiger charge is 2.04. The zero-order chi connectivity index (χ0) is 14.1. The van der Waals surface area contributed by atoms with E-state index in [0.717, 1.165) is 38.0 Å². The van der Waals surface area contributed by atoms with E-state index >= 15 is 0 Å². The first kappa shape index (κ1) is 15.4. The number of carboxylic acid groups (broad SMARTS) is 1. The van der Waals surface area contributed by atoms with Crippen molar-refractivity contribution < 1.29 is 9.90 Å². The summed E-state index contributed by atoms with van der Waals surface area (Å²) in [5.41, 5.74) is 2.17. The lowest BCUT2D eigenvalue weighted by atomic mass is 10.1. The van der Waals surface area contributed by atoms with Gasteiger partial charge in [-0.05, 0) is 43.1 Å². The summed E-state index contributed by atoms with van der Waals surface area (Å²) in [6.45, 7) is 7.51. The van der Waals surface area contributed by atoms with Crippen molar-refractivity contribution in [3.05, 3.63) is 41.5 Å². The predicted molar refractivity (Wildman–Crippen MR) is 79.0 cm³/mol. The zero-order valence-corrected chi connectivity index (χ0v) is 11.8. The molecule has 1 rings (SSSR count). The molecule has 1 aromatic rings. The summed E-state index contributed by atoms with van der Waals surface area (Å²) >= 11 is 0. The molecule has 0 bridgehead atoms. The molecule has 0 aliphatic heterocycles. The fourth-order valence-corrected chi connectivity index (χ4v) is 2.12. The van der Waals surface area contributed by atoms with Gasteiger partial charge in [-0.1, -0.05) is 38.1 Å². The molecule has 0 aromatic heterocycles. The number of benzene rings is 1. The number of nitrogens with zero attached hydrogens (tertiary/aromatic N) is 1. The highest BCUT2D eigenvalue weighted by molar-refractivity contribution is 5.85. The molecular weight excluding hydrogens is 238 g/mol. The Bertz CT molecular complexity index is 421. The summed E-state index contributed by atoms with van der Waals surface area (Å²) in [6.07, 6.45) is 5.11. The second-order valence-corrected chi connectivity index (χ2v) is 4.69. The second-order valence-electron chi connectivity index (χ2n) is 4.69. The number of carboxylic acids is 1.